The standard InChI is InChI=1S/C24H20N2O4/c1-16-22(20-6-2-3-7-21(20)26-16)23(27)24(28)30-14-17-8-10-19(11-9-17)29-15-18-5-4-12-25-13-18/h2-13,26H,14-15H2,1H3. The number of aryl methyl sites for hydroxylation is 1. The number of H-pyrrole nitrogens is 1. The van der Waals surface area contributed by atoms with Crippen molar-refractivity contribution in [2.45, 2.75) is 20.1 Å². The summed E-state index contributed by atoms with van der Waals surface area (Å²) < 4.78 is 10.9. The lowest BCUT2D eigenvalue weighted by molar-refractivity contribution is -0.139. The highest BCUT2D eigenvalue weighted by Crippen LogP contribution is 2.23. The minimum Gasteiger partial charge on any atom is -0.489 e. The smallest absolute Gasteiger partial charge is 0.380 e. The number of hydrogen-bond donors (Lipinski definition) is 1. The van der Waals surface area contributed by atoms with Crippen LogP contribution in [-0.4, -0.2) is 21.7 Å². The van der Waals surface area contributed by atoms with Crippen molar-refractivity contribution in [2.75, 3.05) is 0 Å². The van der Waals surface area contributed by atoms with Gasteiger partial charge in [-0.15, -0.1) is 0 Å². The van der Waals surface area contributed by atoms with Gasteiger partial charge in [0, 0.05) is 34.6 Å². The van der Waals surface area contributed by atoms with E-state index in [0.29, 0.717) is 29.0 Å². The van der Waals surface area contributed by atoms with Gasteiger partial charge in [0.2, 0.25) is 0 Å². The Balaban J connectivity index is 1.35. The number of Topliss-reactive ketones (excluding diaryl/α,β-unsaturated/α-hetero) is 1. The zero-order valence-corrected chi connectivity index (χ0v) is 16.4. The van der Waals surface area contributed by atoms with Crippen LogP contribution in [0, 0.1) is 6.92 Å². The molecule has 0 saturated carbocycles. The van der Waals surface area contributed by atoms with Crippen LogP contribution in [0.15, 0.2) is 73.1 Å². The van der Waals surface area contributed by atoms with Gasteiger partial charge in [0.1, 0.15) is 19.0 Å². The van der Waals surface area contributed by atoms with E-state index in [0.717, 1.165) is 16.6 Å². The van der Waals surface area contributed by atoms with Crippen LogP contribution in [0.25, 0.3) is 10.9 Å². The average Bonchev–Trinajstić information content (AvgIpc) is 3.12. The van der Waals surface area contributed by atoms with E-state index >= 15 is 0 Å². The number of benzene rings is 2. The molecule has 6 heteroatoms. The van der Waals surface area contributed by atoms with Crippen LogP contribution in [0.4, 0.5) is 0 Å². The van der Waals surface area contributed by atoms with Crippen molar-refractivity contribution in [3.8, 4) is 5.75 Å². The van der Waals surface area contributed by atoms with E-state index in [2.05, 4.69) is 9.97 Å². The Labute approximate surface area is 173 Å². The molecule has 0 radical (unpaired) electrons. The number of ketones is 1. The quantitative estimate of drug-likeness (QED) is 0.283. The van der Waals surface area contributed by atoms with Gasteiger partial charge in [-0.1, -0.05) is 36.4 Å². The van der Waals surface area contributed by atoms with Gasteiger partial charge in [-0.2, -0.15) is 0 Å². The first-order chi connectivity index (χ1) is 14.6. The summed E-state index contributed by atoms with van der Waals surface area (Å²) in [6.45, 7) is 2.19. The Morgan fingerprint density at radius 1 is 0.933 bits per heavy atom. The molecule has 30 heavy (non-hydrogen) atoms. The van der Waals surface area contributed by atoms with E-state index in [1.165, 1.54) is 0 Å². The predicted molar refractivity (Wildman–Crippen MR) is 112 cm³/mol. The maximum Gasteiger partial charge on any atom is 0.380 e. The number of esters is 1. The van der Waals surface area contributed by atoms with Gasteiger partial charge in [0.25, 0.3) is 5.78 Å². The maximum atomic E-state index is 12.6. The lowest BCUT2D eigenvalue weighted by atomic mass is 10.1. The third-order valence-corrected chi connectivity index (χ3v) is 4.73. The lowest BCUT2D eigenvalue weighted by Gasteiger charge is -2.08. The van der Waals surface area contributed by atoms with Crippen LogP contribution in [0.2, 0.25) is 0 Å². The second kappa shape index (κ2) is 8.61. The Kier molecular flexibility index (Phi) is 5.57. The third kappa shape index (κ3) is 4.22. The van der Waals surface area contributed by atoms with E-state index in [1.54, 1.807) is 43.6 Å². The van der Waals surface area contributed by atoms with Gasteiger partial charge in [-0.05, 0) is 36.8 Å². The number of aromatic amines is 1. The molecule has 0 aliphatic heterocycles. The summed E-state index contributed by atoms with van der Waals surface area (Å²) in [7, 11) is 0. The van der Waals surface area contributed by atoms with E-state index in [1.807, 2.05) is 36.4 Å². The molecule has 4 rings (SSSR count). The molecular formula is C24H20N2O4. The molecule has 0 aliphatic carbocycles. The van der Waals surface area contributed by atoms with Gasteiger partial charge in [0.15, 0.2) is 0 Å². The van der Waals surface area contributed by atoms with Gasteiger partial charge in [0.05, 0.1) is 5.56 Å². The molecule has 2 heterocycles. The number of rotatable bonds is 7. The van der Waals surface area contributed by atoms with Gasteiger partial charge in [-0.3, -0.25) is 9.78 Å². The topological polar surface area (TPSA) is 81.3 Å². The minimum absolute atomic E-state index is 0.00879. The molecular weight excluding hydrogens is 380 g/mol. The average molecular weight is 400 g/mol. The highest BCUT2D eigenvalue weighted by atomic mass is 16.5. The summed E-state index contributed by atoms with van der Waals surface area (Å²) in [5.74, 6) is -0.833. The zero-order chi connectivity index (χ0) is 20.9. The number of nitrogens with one attached hydrogen (secondary N) is 1. The number of fused-ring (bicyclic) bond motifs is 1. The van der Waals surface area contributed by atoms with E-state index < -0.39 is 11.8 Å². The summed E-state index contributed by atoms with van der Waals surface area (Å²) in [6, 6.07) is 18.4. The number of para-hydroxylation sites is 1. The Hall–Kier alpha value is -3.93. The monoisotopic (exact) mass is 400 g/mol. The molecule has 0 bridgehead atoms. The first kappa shape index (κ1) is 19.4. The van der Waals surface area contributed by atoms with Crippen LogP contribution in [-0.2, 0) is 22.7 Å². The molecule has 6 nitrogen and oxygen atoms in total. The molecule has 1 N–H and O–H groups in total. The van der Waals surface area contributed by atoms with E-state index in [9.17, 15) is 9.59 Å². The van der Waals surface area contributed by atoms with Crippen LogP contribution < -0.4 is 4.74 Å². The molecule has 2 aromatic heterocycles. The van der Waals surface area contributed by atoms with Crippen LogP contribution >= 0.6 is 0 Å². The van der Waals surface area contributed by atoms with Crippen LogP contribution in [0.5, 0.6) is 5.75 Å². The Morgan fingerprint density at radius 3 is 2.50 bits per heavy atom. The van der Waals surface area contributed by atoms with Gasteiger partial charge in [-0.25, -0.2) is 4.79 Å². The van der Waals surface area contributed by atoms with Crippen LogP contribution in [0.3, 0.4) is 0 Å². The van der Waals surface area contributed by atoms with Crippen LogP contribution in [0.1, 0.15) is 27.2 Å². The molecule has 150 valence electrons. The fraction of sp³-hybridized carbons (Fsp3) is 0.125. The number of nitrogens with zero attached hydrogens (tertiary/aromatic N) is 1. The van der Waals surface area contributed by atoms with Gasteiger partial charge >= 0.3 is 5.97 Å². The Morgan fingerprint density at radius 2 is 1.73 bits per heavy atom. The van der Waals surface area contributed by atoms with Crippen molar-refractivity contribution >= 4 is 22.7 Å². The van der Waals surface area contributed by atoms with Crippen molar-refractivity contribution in [2.24, 2.45) is 0 Å². The second-order valence-electron chi connectivity index (χ2n) is 6.87. The number of carbonyl (C=O) groups excluding carboxylic acids is 2. The van der Waals surface area contributed by atoms with Crippen molar-refractivity contribution in [3.05, 3.63) is 95.4 Å². The highest BCUT2D eigenvalue weighted by Gasteiger charge is 2.24. The maximum absolute atomic E-state index is 12.6. The molecule has 0 saturated heterocycles. The first-order valence-corrected chi connectivity index (χ1v) is 9.51. The largest absolute Gasteiger partial charge is 0.489 e. The number of ether oxygens (including phenoxy) is 2. The number of carbonyl (C=O) groups is 2. The number of pyridine rings is 1. The molecule has 2 aromatic carbocycles. The SMILES string of the molecule is Cc1[nH]c2ccccc2c1C(=O)C(=O)OCc1ccc(OCc2cccnc2)cc1. The summed E-state index contributed by atoms with van der Waals surface area (Å²) in [5, 5.41) is 0.715. The first-order valence-electron chi connectivity index (χ1n) is 9.51. The number of aromatic nitrogens is 2. The second-order valence-corrected chi connectivity index (χ2v) is 6.87. The molecule has 0 spiro atoms. The minimum atomic E-state index is -0.875. The van der Waals surface area contributed by atoms with Crippen molar-refractivity contribution in [3.63, 3.8) is 0 Å². The molecule has 0 atom stereocenters. The zero-order valence-electron chi connectivity index (χ0n) is 16.4. The van der Waals surface area contributed by atoms with Crippen molar-refractivity contribution in [1.29, 1.82) is 0 Å². The predicted octanol–water partition coefficient (Wildman–Crippen LogP) is 4.38. The van der Waals surface area contributed by atoms with Crippen molar-refractivity contribution in [1.82, 2.24) is 9.97 Å². The lowest BCUT2D eigenvalue weighted by Crippen LogP contribution is -2.18. The molecule has 0 aliphatic rings. The fourth-order valence-electron chi connectivity index (χ4n) is 3.22. The third-order valence-electron chi connectivity index (χ3n) is 4.73. The summed E-state index contributed by atoms with van der Waals surface area (Å²) in [5.41, 5.74) is 3.55. The highest BCUT2D eigenvalue weighted by molar-refractivity contribution is 6.43. The molecule has 0 unspecified atom stereocenters. The summed E-state index contributed by atoms with van der Waals surface area (Å²) >= 11 is 0. The normalized spacial score (nSPS) is 10.7. The molecule has 0 fully saturated rings. The Bertz CT molecular complexity index is 1180. The van der Waals surface area contributed by atoms with E-state index in [4.69, 9.17) is 9.47 Å². The molecule has 4 aromatic rings. The fourth-order valence-corrected chi connectivity index (χ4v) is 3.22. The summed E-state index contributed by atoms with van der Waals surface area (Å²) in [4.78, 5) is 32.1. The summed E-state index contributed by atoms with van der Waals surface area (Å²) in [6.07, 6.45) is 3.46. The van der Waals surface area contributed by atoms with Crippen molar-refractivity contribution < 1.29 is 19.1 Å². The van der Waals surface area contributed by atoms with Gasteiger partial charge < -0.3 is 14.5 Å². The molecule has 0 amide bonds. The number of hydrogen-bond acceptors (Lipinski definition) is 5. The van der Waals surface area contributed by atoms with E-state index in [-0.39, 0.29) is 6.61 Å².